The minimum Gasteiger partial charge on any atom is -0.0622 e. The zero-order valence-corrected chi connectivity index (χ0v) is 9.17. The minimum absolute atomic E-state index is 0.426. The van der Waals surface area contributed by atoms with E-state index in [0.717, 1.165) is 0 Å². The Bertz CT molecular complexity index is 240. The van der Waals surface area contributed by atoms with Gasteiger partial charge in [0.1, 0.15) is 0 Å². The molecule has 1 atom stereocenters. The van der Waals surface area contributed by atoms with Gasteiger partial charge in [-0.1, -0.05) is 58.0 Å². The fraction of sp³-hybridized carbons (Fsp3) is 0.538. The molecule has 1 aromatic carbocycles. The maximum absolute atomic E-state index is 2.31. The molecular formula is C13H20. The average molecular weight is 176 g/mol. The molecule has 0 bridgehead atoms. The second-order valence-corrected chi connectivity index (χ2v) is 5.08. The highest BCUT2D eigenvalue weighted by Crippen LogP contribution is 2.30. The lowest BCUT2D eigenvalue weighted by Gasteiger charge is -2.23. The molecule has 0 nitrogen and oxygen atoms in total. The van der Waals surface area contributed by atoms with Crippen LogP contribution < -0.4 is 0 Å². The number of rotatable bonds is 2. The van der Waals surface area contributed by atoms with Crippen LogP contribution in [-0.2, 0) is 0 Å². The van der Waals surface area contributed by atoms with Gasteiger partial charge in [-0.25, -0.2) is 0 Å². The summed E-state index contributed by atoms with van der Waals surface area (Å²) in [7, 11) is 0. The van der Waals surface area contributed by atoms with Gasteiger partial charge in [0.2, 0.25) is 0 Å². The number of benzene rings is 1. The summed E-state index contributed by atoms with van der Waals surface area (Å²) in [5, 5.41) is 0. The van der Waals surface area contributed by atoms with E-state index in [1.807, 2.05) is 0 Å². The van der Waals surface area contributed by atoms with Crippen molar-refractivity contribution in [3.63, 3.8) is 0 Å². The van der Waals surface area contributed by atoms with Gasteiger partial charge in [-0.2, -0.15) is 0 Å². The Hall–Kier alpha value is -0.780. The summed E-state index contributed by atoms with van der Waals surface area (Å²) in [6.07, 6.45) is 1.25. The summed E-state index contributed by atoms with van der Waals surface area (Å²) in [6, 6.07) is 10.8. The Morgan fingerprint density at radius 3 is 2.08 bits per heavy atom. The third kappa shape index (κ3) is 3.63. The number of hydrogen-bond acceptors (Lipinski definition) is 0. The molecule has 0 aliphatic heterocycles. The summed E-state index contributed by atoms with van der Waals surface area (Å²) in [5.74, 6) is 0.668. The molecule has 0 heterocycles. The third-order valence-electron chi connectivity index (χ3n) is 2.29. The molecule has 0 N–H and O–H groups in total. The highest BCUT2D eigenvalue weighted by molar-refractivity contribution is 5.18. The summed E-state index contributed by atoms with van der Waals surface area (Å²) in [6.45, 7) is 9.20. The molecule has 0 amide bonds. The Labute approximate surface area is 82.0 Å². The molecular weight excluding hydrogens is 156 g/mol. The van der Waals surface area contributed by atoms with E-state index in [-0.39, 0.29) is 0 Å². The zero-order chi connectivity index (χ0) is 9.90. The van der Waals surface area contributed by atoms with Crippen LogP contribution >= 0.6 is 0 Å². The lowest BCUT2D eigenvalue weighted by atomic mass is 9.82. The first kappa shape index (κ1) is 10.3. The van der Waals surface area contributed by atoms with Crippen LogP contribution in [0.2, 0.25) is 0 Å². The lowest BCUT2D eigenvalue weighted by molar-refractivity contribution is 0.349. The molecule has 0 unspecified atom stereocenters. The van der Waals surface area contributed by atoms with E-state index in [9.17, 15) is 0 Å². The van der Waals surface area contributed by atoms with Crippen molar-refractivity contribution >= 4 is 0 Å². The van der Waals surface area contributed by atoms with Crippen LogP contribution in [0.4, 0.5) is 0 Å². The normalized spacial score (nSPS) is 14.2. The van der Waals surface area contributed by atoms with Gasteiger partial charge in [0.25, 0.3) is 0 Å². The Balaban J connectivity index is 2.64. The largest absolute Gasteiger partial charge is 0.0622 e. The maximum Gasteiger partial charge on any atom is -0.0185 e. The maximum atomic E-state index is 2.31. The molecule has 0 aliphatic rings. The molecule has 1 aromatic rings. The van der Waals surface area contributed by atoms with Crippen LogP contribution in [0, 0.1) is 5.41 Å². The molecule has 0 aromatic heterocycles. The molecule has 0 aliphatic carbocycles. The van der Waals surface area contributed by atoms with Crippen molar-refractivity contribution in [3.8, 4) is 0 Å². The van der Waals surface area contributed by atoms with E-state index in [4.69, 9.17) is 0 Å². The van der Waals surface area contributed by atoms with Gasteiger partial charge < -0.3 is 0 Å². The van der Waals surface area contributed by atoms with E-state index in [0.29, 0.717) is 11.3 Å². The Morgan fingerprint density at radius 1 is 1.08 bits per heavy atom. The Morgan fingerprint density at radius 2 is 1.62 bits per heavy atom. The molecule has 1 rings (SSSR count). The van der Waals surface area contributed by atoms with Crippen molar-refractivity contribution in [1.82, 2.24) is 0 Å². The standard InChI is InChI=1S/C13H20/c1-11(10-13(2,3)4)12-8-6-5-7-9-12/h5-9,11H,10H2,1-4H3/t11-/m0/s1. The number of hydrogen-bond donors (Lipinski definition) is 0. The summed E-state index contributed by atoms with van der Waals surface area (Å²) in [4.78, 5) is 0. The van der Waals surface area contributed by atoms with E-state index in [2.05, 4.69) is 58.0 Å². The molecule has 0 saturated carbocycles. The smallest absolute Gasteiger partial charge is 0.0185 e. The van der Waals surface area contributed by atoms with Gasteiger partial charge in [-0.05, 0) is 23.3 Å². The molecule has 0 fully saturated rings. The predicted octanol–water partition coefficient (Wildman–Crippen LogP) is 4.23. The third-order valence-corrected chi connectivity index (χ3v) is 2.29. The van der Waals surface area contributed by atoms with Crippen molar-refractivity contribution < 1.29 is 0 Å². The first-order valence-corrected chi connectivity index (χ1v) is 5.04. The predicted molar refractivity (Wildman–Crippen MR) is 58.9 cm³/mol. The molecule has 0 heteroatoms. The van der Waals surface area contributed by atoms with Crippen molar-refractivity contribution in [2.24, 2.45) is 5.41 Å². The second-order valence-electron chi connectivity index (χ2n) is 5.08. The molecule has 13 heavy (non-hydrogen) atoms. The van der Waals surface area contributed by atoms with Crippen LogP contribution in [0.25, 0.3) is 0 Å². The van der Waals surface area contributed by atoms with Gasteiger partial charge in [-0.3, -0.25) is 0 Å². The van der Waals surface area contributed by atoms with E-state index >= 15 is 0 Å². The van der Waals surface area contributed by atoms with Crippen molar-refractivity contribution in [2.75, 3.05) is 0 Å². The SMILES string of the molecule is C[C@@H](CC(C)(C)C)c1ccccc1. The van der Waals surface area contributed by atoms with E-state index < -0.39 is 0 Å². The molecule has 0 radical (unpaired) electrons. The summed E-state index contributed by atoms with van der Waals surface area (Å²) >= 11 is 0. The second kappa shape index (κ2) is 3.95. The average Bonchev–Trinajstić information content (AvgIpc) is 2.03. The van der Waals surface area contributed by atoms with Crippen molar-refractivity contribution in [2.45, 2.75) is 40.0 Å². The van der Waals surface area contributed by atoms with E-state index in [1.165, 1.54) is 12.0 Å². The molecule has 0 spiro atoms. The van der Waals surface area contributed by atoms with Gasteiger partial charge in [-0.15, -0.1) is 0 Å². The summed E-state index contributed by atoms with van der Waals surface area (Å²) < 4.78 is 0. The molecule has 72 valence electrons. The van der Waals surface area contributed by atoms with Gasteiger partial charge in [0.15, 0.2) is 0 Å². The molecule has 0 saturated heterocycles. The first-order valence-electron chi connectivity index (χ1n) is 5.04. The van der Waals surface area contributed by atoms with Gasteiger partial charge >= 0.3 is 0 Å². The minimum atomic E-state index is 0.426. The first-order chi connectivity index (χ1) is 5.99. The van der Waals surface area contributed by atoms with Crippen LogP contribution in [0.1, 0.15) is 45.6 Å². The van der Waals surface area contributed by atoms with Gasteiger partial charge in [0.05, 0.1) is 0 Å². The highest BCUT2D eigenvalue weighted by Gasteiger charge is 2.15. The van der Waals surface area contributed by atoms with Crippen LogP contribution in [0.15, 0.2) is 30.3 Å². The fourth-order valence-corrected chi connectivity index (χ4v) is 1.82. The van der Waals surface area contributed by atoms with Crippen molar-refractivity contribution in [1.29, 1.82) is 0 Å². The Kier molecular flexibility index (Phi) is 3.13. The monoisotopic (exact) mass is 176 g/mol. The van der Waals surface area contributed by atoms with E-state index in [1.54, 1.807) is 0 Å². The lowest BCUT2D eigenvalue weighted by Crippen LogP contribution is -2.09. The van der Waals surface area contributed by atoms with Crippen LogP contribution in [0.5, 0.6) is 0 Å². The fourth-order valence-electron chi connectivity index (χ4n) is 1.82. The zero-order valence-electron chi connectivity index (χ0n) is 9.17. The summed E-state index contributed by atoms with van der Waals surface area (Å²) in [5.41, 5.74) is 1.88. The topological polar surface area (TPSA) is 0 Å². The van der Waals surface area contributed by atoms with Crippen LogP contribution in [-0.4, -0.2) is 0 Å². The van der Waals surface area contributed by atoms with Crippen LogP contribution in [0.3, 0.4) is 0 Å². The van der Waals surface area contributed by atoms with Crippen molar-refractivity contribution in [3.05, 3.63) is 35.9 Å². The quantitative estimate of drug-likeness (QED) is 0.632. The van der Waals surface area contributed by atoms with Gasteiger partial charge in [0, 0.05) is 0 Å². The highest BCUT2D eigenvalue weighted by atomic mass is 14.2.